The molecule has 0 aromatic rings. The van der Waals surface area contributed by atoms with Crippen molar-refractivity contribution in [2.24, 2.45) is 0 Å². The molecule has 0 radical (unpaired) electrons. The van der Waals surface area contributed by atoms with E-state index in [9.17, 15) is 14.4 Å². The summed E-state index contributed by atoms with van der Waals surface area (Å²) >= 11 is 0. The Morgan fingerprint density at radius 3 is 0.813 bits per heavy atom. The molecular weight excluding hydrogens is 925 g/mol. The van der Waals surface area contributed by atoms with Crippen LogP contribution in [0.3, 0.4) is 0 Å². The van der Waals surface area contributed by atoms with Crippen molar-refractivity contribution in [3.63, 3.8) is 0 Å². The molecule has 0 aromatic heterocycles. The Labute approximate surface area is 463 Å². The van der Waals surface area contributed by atoms with Crippen LogP contribution in [0.25, 0.3) is 0 Å². The van der Waals surface area contributed by atoms with Gasteiger partial charge < -0.3 is 14.2 Å². The fourth-order valence-electron chi connectivity index (χ4n) is 8.61. The smallest absolute Gasteiger partial charge is 0.306 e. The molecule has 0 N–H and O–H groups in total. The van der Waals surface area contributed by atoms with E-state index in [0.717, 1.165) is 122 Å². The molecule has 1 atom stereocenters. The summed E-state index contributed by atoms with van der Waals surface area (Å²) in [5.41, 5.74) is 0. The molecule has 0 bridgehead atoms. The van der Waals surface area contributed by atoms with Crippen molar-refractivity contribution in [3.05, 3.63) is 109 Å². The lowest BCUT2D eigenvalue weighted by molar-refractivity contribution is -0.167. The number of esters is 3. The van der Waals surface area contributed by atoms with Gasteiger partial charge in [-0.05, 0) is 89.9 Å². The number of rotatable bonds is 56. The largest absolute Gasteiger partial charge is 0.462 e. The quantitative estimate of drug-likeness (QED) is 0.0261. The molecule has 0 aliphatic rings. The Balaban J connectivity index is 4.33. The zero-order valence-corrected chi connectivity index (χ0v) is 49.0. The highest BCUT2D eigenvalue weighted by molar-refractivity contribution is 5.71. The molecule has 0 aromatic carbocycles. The second-order valence-electron chi connectivity index (χ2n) is 20.6. The van der Waals surface area contributed by atoms with Crippen molar-refractivity contribution in [3.8, 4) is 0 Å². The van der Waals surface area contributed by atoms with Crippen LogP contribution >= 0.6 is 0 Å². The first kappa shape index (κ1) is 71.1. The van der Waals surface area contributed by atoms with Gasteiger partial charge in [0.2, 0.25) is 0 Å². The topological polar surface area (TPSA) is 78.9 Å². The van der Waals surface area contributed by atoms with Crippen LogP contribution in [0.4, 0.5) is 0 Å². The highest BCUT2D eigenvalue weighted by Gasteiger charge is 2.19. The minimum Gasteiger partial charge on any atom is -0.462 e. The fourth-order valence-corrected chi connectivity index (χ4v) is 8.61. The Kier molecular flexibility index (Phi) is 59.3. The standard InChI is InChI=1S/C69H116O6/c1-4-7-10-13-16-19-22-25-26-27-28-29-30-31-32-33-34-35-36-37-38-39-40-41-42-45-47-50-53-56-59-62-68(71)74-65-66(75-69(72)63-60-57-54-51-48-44-24-21-18-15-12-9-6-3)64-73-67(70)61-58-55-52-49-46-43-23-20-17-14-11-8-5-2/h7,10,16,19,25-26,28-29,31-32,34-35,37-38,40-41,45,47,66H,4-6,8-9,11-15,17-18,20-24,27,30,33,36,39,42-44,46,48-65H2,1-3H3/b10-7-,19-16-,26-25-,29-28-,32-31-,35-34-,38-37-,41-40-,47-45-. The third kappa shape index (κ3) is 60.8. The number of carbonyl (C=O) groups excluding carboxylic acids is 3. The van der Waals surface area contributed by atoms with Crippen molar-refractivity contribution in [2.75, 3.05) is 13.2 Å². The molecular formula is C69H116O6. The Morgan fingerprint density at radius 1 is 0.280 bits per heavy atom. The van der Waals surface area contributed by atoms with E-state index in [1.165, 1.54) is 128 Å². The Hall–Kier alpha value is -3.93. The van der Waals surface area contributed by atoms with E-state index in [1.807, 2.05) is 0 Å². The Bertz CT molecular complexity index is 1520. The van der Waals surface area contributed by atoms with Gasteiger partial charge in [-0.1, -0.05) is 291 Å². The second kappa shape index (κ2) is 62.6. The van der Waals surface area contributed by atoms with Crippen LogP contribution in [0.5, 0.6) is 0 Å². The minimum absolute atomic E-state index is 0.0851. The summed E-state index contributed by atoms with van der Waals surface area (Å²) in [4.78, 5) is 38.2. The third-order valence-electron chi connectivity index (χ3n) is 13.3. The molecule has 6 nitrogen and oxygen atoms in total. The van der Waals surface area contributed by atoms with Crippen LogP contribution in [0.1, 0.15) is 290 Å². The Morgan fingerprint density at radius 2 is 0.520 bits per heavy atom. The maximum absolute atomic E-state index is 12.8. The highest BCUT2D eigenvalue weighted by Crippen LogP contribution is 2.16. The van der Waals surface area contributed by atoms with Crippen molar-refractivity contribution in [2.45, 2.75) is 297 Å². The van der Waals surface area contributed by atoms with Crippen molar-refractivity contribution in [1.29, 1.82) is 0 Å². The van der Waals surface area contributed by atoms with E-state index >= 15 is 0 Å². The van der Waals surface area contributed by atoms with E-state index < -0.39 is 6.10 Å². The average molecular weight is 1040 g/mol. The van der Waals surface area contributed by atoms with Crippen LogP contribution in [-0.4, -0.2) is 37.2 Å². The van der Waals surface area contributed by atoms with E-state index in [-0.39, 0.29) is 31.1 Å². The molecule has 6 heteroatoms. The molecule has 0 spiro atoms. The summed E-state index contributed by atoms with van der Waals surface area (Å²) in [6.45, 7) is 6.51. The van der Waals surface area contributed by atoms with Crippen molar-refractivity contribution in [1.82, 2.24) is 0 Å². The monoisotopic (exact) mass is 1040 g/mol. The van der Waals surface area contributed by atoms with Crippen LogP contribution in [-0.2, 0) is 28.6 Å². The first-order valence-electron chi connectivity index (χ1n) is 31.4. The predicted octanol–water partition coefficient (Wildman–Crippen LogP) is 21.4. The van der Waals surface area contributed by atoms with E-state index in [2.05, 4.69) is 130 Å². The summed E-state index contributed by atoms with van der Waals surface area (Å²) in [6.07, 6.45) is 85.2. The number of hydrogen-bond acceptors (Lipinski definition) is 6. The van der Waals surface area contributed by atoms with Crippen LogP contribution in [0, 0.1) is 0 Å². The summed E-state index contributed by atoms with van der Waals surface area (Å²) in [7, 11) is 0. The number of unbranched alkanes of at least 4 members (excludes halogenated alkanes) is 27. The average Bonchev–Trinajstić information content (AvgIpc) is 3.41. The van der Waals surface area contributed by atoms with Crippen LogP contribution in [0.2, 0.25) is 0 Å². The zero-order valence-electron chi connectivity index (χ0n) is 49.0. The van der Waals surface area contributed by atoms with Crippen LogP contribution < -0.4 is 0 Å². The molecule has 0 rings (SSSR count). The molecule has 0 saturated carbocycles. The lowest BCUT2D eigenvalue weighted by Gasteiger charge is -2.18. The zero-order chi connectivity index (χ0) is 54.3. The molecule has 0 aliphatic heterocycles. The van der Waals surface area contributed by atoms with E-state index in [0.29, 0.717) is 19.3 Å². The van der Waals surface area contributed by atoms with Gasteiger partial charge in [-0.3, -0.25) is 14.4 Å². The third-order valence-corrected chi connectivity index (χ3v) is 13.3. The number of ether oxygens (including phenoxy) is 3. The van der Waals surface area contributed by atoms with Gasteiger partial charge >= 0.3 is 17.9 Å². The fraction of sp³-hybridized carbons (Fsp3) is 0.696. The summed E-state index contributed by atoms with van der Waals surface area (Å²) in [6, 6.07) is 0. The van der Waals surface area contributed by atoms with Gasteiger partial charge in [0.1, 0.15) is 13.2 Å². The second-order valence-corrected chi connectivity index (χ2v) is 20.6. The predicted molar refractivity (Wildman–Crippen MR) is 325 cm³/mol. The van der Waals surface area contributed by atoms with Gasteiger partial charge in [-0.25, -0.2) is 0 Å². The van der Waals surface area contributed by atoms with Gasteiger partial charge in [0, 0.05) is 19.3 Å². The number of carbonyl (C=O) groups is 3. The van der Waals surface area contributed by atoms with Gasteiger partial charge in [0.15, 0.2) is 6.10 Å². The highest BCUT2D eigenvalue weighted by atomic mass is 16.6. The minimum atomic E-state index is -0.789. The van der Waals surface area contributed by atoms with Gasteiger partial charge in [-0.15, -0.1) is 0 Å². The number of allylic oxidation sites excluding steroid dienone is 18. The normalized spacial score (nSPS) is 12.8. The molecule has 0 aliphatic carbocycles. The summed E-state index contributed by atoms with van der Waals surface area (Å²) in [5, 5.41) is 0. The van der Waals surface area contributed by atoms with Crippen molar-refractivity contribution < 1.29 is 28.6 Å². The van der Waals surface area contributed by atoms with Crippen molar-refractivity contribution >= 4 is 17.9 Å². The molecule has 1 unspecified atom stereocenters. The maximum atomic E-state index is 12.8. The van der Waals surface area contributed by atoms with Gasteiger partial charge in [0.25, 0.3) is 0 Å². The molecule has 75 heavy (non-hydrogen) atoms. The summed E-state index contributed by atoms with van der Waals surface area (Å²) in [5.74, 6) is -0.912. The van der Waals surface area contributed by atoms with Gasteiger partial charge in [0.05, 0.1) is 0 Å². The molecule has 0 heterocycles. The molecule has 0 amide bonds. The maximum Gasteiger partial charge on any atom is 0.306 e. The van der Waals surface area contributed by atoms with E-state index in [1.54, 1.807) is 0 Å². The molecule has 428 valence electrons. The van der Waals surface area contributed by atoms with E-state index in [4.69, 9.17) is 14.2 Å². The van der Waals surface area contributed by atoms with Gasteiger partial charge in [-0.2, -0.15) is 0 Å². The number of hydrogen-bond donors (Lipinski definition) is 0. The first-order valence-corrected chi connectivity index (χ1v) is 31.4. The van der Waals surface area contributed by atoms with Crippen LogP contribution in [0.15, 0.2) is 109 Å². The lowest BCUT2D eigenvalue weighted by Crippen LogP contribution is -2.30. The first-order chi connectivity index (χ1) is 37.0. The summed E-state index contributed by atoms with van der Waals surface area (Å²) < 4.78 is 16.9. The lowest BCUT2D eigenvalue weighted by atomic mass is 10.0. The molecule has 0 fully saturated rings. The SMILES string of the molecule is CC/C=C\C/C=C\C/C=C\C/C=C\C/C=C\C/C=C\C/C=C\C/C=C\C/C=C\CCCCCC(=O)OCC(COC(=O)CCCCCCCCCCCCCCC)OC(=O)CCCCCCCCCCCCCCC. The molecule has 0 saturated heterocycles.